The molecular formula is C15H25N5O. The molecule has 21 heavy (non-hydrogen) atoms. The van der Waals surface area contributed by atoms with Crippen molar-refractivity contribution in [3.8, 4) is 0 Å². The Morgan fingerprint density at radius 3 is 2.71 bits per heavy atom. The van der Waals surface area contributed by atoms with Gasteiger partial charge < -0.3 is 16.0 Å². The van der Waals surface area contributed by atoms with E-state index in [0.29, 0.717) is 12.8 Å². The van der Waals surface area contributed by atoms with Gasteiger partial charge in [-0.05, 0) is 31.7 Å². The van der Waals surface area contributed by atoms with E-state index in [4.69, 9.17) is 5.73 Å². The van der Waals surface area contributed by atoms with Crippen molar-refractivity contribution < 1.29 is 4.79 Å². The van der Waals surface area contributed by atoms with Gasteiger partial charge in [-0.15, -0.1) is 0 Å². The number of rotatable bonds is 5. The Morgan fingerprint density at radius 1 is 1.43 bits per heavy atom. The zero-order chi connectivity index (χ0) is 15.3. The minimum atomic E-state index is -0.758. The summed E-state index contributed by atoms with van der Waals surface area (Å²) in [7, 11) is 0. The lowest BCUT2D eigenvalue weighted by Crippen LogP contribution is -2.58. The van der Waals surface area contributed by atoms with Gasteiger partial charge in [0, 0.05) is 31.5 Å². The van der Waals surface area contributed by atoms with Crippen molar-refractivity contribution >= 4 is 11.9 Å². The van der Waals surface area contributed by atoms with Gasteiger partial charge in [0.2, 0.25) is 11.9 Å². The number of amides is 1. The summed E-state index contributed by atoms with van der Waals surface area (Å²) >= 11 is 0. The molecule has 2 heterocycles. The molecule has 0 aromatic carbocycles. The smallest absolute Gasteiger partial charge is 0.240 e. The highest BCUT2D eigenvalue weighted by molar-refractivity contribution is 5.86. The normalized spacial score (nSPS) is 19.4. The lowest BCUT2D eigenvalue weighted by atomic mass is 9.92. The third kappa shape index (κ3) is 3.69. The molecule has 1 amide bonds. The molecule has 1 atom stereocenters. The maximum atomic E-state index is 12.4. The van der Waals surface area contributed by atoms with E-state index in [-0.39, 0.29) is 11.9 Å². The van der Waals surface area contributed by atoms with E-state index in [1.807, 2.05) is 13.8 Å². The lowest BCUT2D eigenvalue weighted by molar-refractivity contribution is -0.127. The van der Waals surface area contributed by atoms with Crippen molar-refractivity contribution in [1.29, 1.82) is 0 Å². The summed E-state index contributed by atoms with van der Waals surface area (Å²) in [5.41, 5.74) is 5.39. The van der Waals surface area contributed by atoms with Gasteiger partial charge in [0.25, 0.3) is 0 Å². The third-order valence-corrected chi connectivity index (χ3v) is 4.31. The topological polar surface area (TPSA) is 84.1 Å². The molecule has 1 aliphatic rings. The monoisotopic (exact) mass is 291 g/mol. The SMILES string of the molecule is CCC(N)(CC)C(=O)NC1CCCN(c2ncccn2)C1. The average molecular weight is 291 g/mol. The quantitative estimate of drug-likeness (QED) is 0.848. The van der Waals surface area contributed by atoms with Crippen molar-refractivity contribution in [3.63, 3.8) is 0 Å². The fourth-order valence-corrected chi connectivity index (χ4v) is 2.63. The molecule has 0 aliphatic carbocycles. The number of aromatic nitrogens is 2. The van der Waals surface area contributed by atoms with Crippen LogP contribution in [0.5, 0.6) is 0 Å². The van der Waals surface area contributed by atoms with Crippen LogP contribution in [0.3, 0.4) is 0 Å². The Balaban J connectivity index is 1.97. The molecule has 6 heteroatoms. The first-order chi connectivity index (χ1) is 10.1. The van der Waals surface area contributed by atoms with Gasteiger partial charge in [0.15, 0.2) is 0 Å². The Morgan fingerprint density at radius 2 is 2.10 bits per heavy atom. The number of carbonyl (C=O) groups excluding carboxylic acids is 1. The van der Waals surface area contributed by atoms with Crippen LogP contribution in [0.1, 0.15) is 39.5 Å². The lowest BCUT2D eigenvalue weighted by Gasteiger charge is -2.35. The van der Waals surface area contributed by atoms with E-state index < -0.39 is 5.54 Å². The summed E-state index contributed by atoms with van der Waals surface area (Å²) in [5, 5.41) is 3.10. The number of nitrogens with two attached hydrogens (primary N) is 1. The summed E-state index contributed by atoms with van der Waals surface area (Å²) in [5.74, 6) is 0.676. The van der Waals surface area contributed by atoms with Crippen LogP contribution >= 0.6 is 0 Å². The summed E-state index contributed by atoms with van der Waals surface area (Å²) in [6, 6.07) is 1.91. The molecule has 0 bridgehead atoms. The number of anilines is 1. The van der Waals surface area contributed by atoms with Crippen molar-refractivity contribution in [3.05, 3.63) is 18.5 Å². The average Bonchev–Trinajstić information content (AvgIpc) is 2.55. The zero-order valence-electron chi connectivity index (χ0n) is 12.9. The largest absolute Gasteiger partial charge is 0.350 e. The Bertz CT molecular complexity index is 460. The molecule has 0 spiro atoms. The van der Waals surface area contributed by atoms with Crippen LogP contribution in [0.2, 0.25) is 0 Å². The first-order valence-corrected chi connectivity index (χ1v) is 7.71. The molecule has 0 saturated carbocycles. The minimum Gasteiger partial charge on any atom is -0.350 e. The van der Waals surface area contributed by atoms with Gasteiger partial charge in [0.05, 0.1) is 5.54 Å². The zero-order valence-corrected chi connectivity index (χ0v) is 12.9. The van der Waals surface area contributed by atoms with Gasteiger partial charge in [0.1, 0.15) is 0 Å². The molecular weight excluding hydrogens is 266 g/mol. The maximum Gasteiger partial charge on any atom is 0.240 e. The van der Waals surface area contributed by atoms with Gasteiger partial charge in [-0.3, -0.25) is 4.79 Å². The van der Waals surface area contributed by atoms with Gasteiger partial charge >= 0.3 is 0 Å². The second-order valence-electron chi connectivity index (χ2n) is 5.67. The number of nitrogens with one attached hydrogen (secondary N) is 1. The fraction of sp³-hybridized carbons (Fsp3) is 0.667. The summed E-state index contributed by atoms with van der Waals surface area (Å²) in [6.07, 6.45) is 6.76. The summed E-state index contributed by atoms with van der Waals surface area (Å²) < 4.78 is 0. The molecule has 1 aliphatic heterocycles. The highest BCUT2D eigenvalue weighted by atomic mass is 16.2. The number of piperidine rings is 1. The van der Waals surface area contributed by atoms with E-state index in [1.165, 1.54) is 0 Å². The molecule has 1 fully saturated rings. The number of hydrogen-bond acceptors (Lipinski definition) is 5. The number of nitrogens with zero attached hydrogens (tertiary/aromatic N) is 3. The van der Waals surface area contributed by atoms with E-state index in [2.05, 4.69) is 20.2 Å². The third-order valence-electron chi connectivity index (χ3n) is 4.31. The summed E-state index contributed by atoms with van der Waals surface area (Å²) in [6.45, 7) is 5.56. The molecule has 1 aromatic heterocycles. The second-order valence-corrected chi connectivity index (χ2v) is 5.67. The molecule has 1 aromatic rings. The molecule has 6 nitrogen and oxygen atoms in total. The van der Waals surface area contributed by atoms with E-state index >= 15 is 0 Å². The van der Waals surface area contributed by atoms with Crippen LogP contribution in [0, 0.1) is 0 Å². The molecule has 0 radical (unpaired) electrons. The molecule has 3 N–H and O–H groups in total. The highest BCUT2D eigenvalue weighted by Crippen LogP contribution is 2.17. The first kappa shape index (κ1) is 15.7. The maximum absolute atomic E-state index is 12.4. The van der Waals surface area contributed by atoms with Crippen LogP contribution < -0.4 is 16.0 Å². The van der Waals surface area contributed by atoms with E-state index in [1.54, 1.807) is 18.5 Å². The highest BCUT2D eigenvalue weighted by Gasteiger charge is 2.32. The first-order valence-electron chi connectivity index (χ1n) is 7.71. The van der Waals surface area contributed by atoms with Crippen molar-refractivity contribution in [2.75, 3.05) is 18.0 Å². The minimum absolute atomic E-state index is 0.0478. The van der Waals surface area contributed by atoms with Gasteiger partial charge in [-0.1, -0.05) is 13.8 Å². The Kier molecular flexibility index (Phi) is 5.12. The van der Waals surface area contributed by atoms with Crippen LogP contribution in [0.25, 0.3) is 0 Å². The Labute approximate surface area is 126 Å². The van der Waals surface area contributed by atoms with Crippen molar-refractivity contribution in [2.45, 2.75) is 51.1 Å². The van der Waals surface area contributed by atoms with Crippen molar-refractivity contribution in [2.24, 2.45) is 5.73 Å². The molecule has 1 saturated heterocycles. The van der Waals surface area contributed by atoms with Gasteiger partial charge in [-0.2, -0.15) is 0 Å². The van der Waals surface area contributed by atoms with Crippen LogP contribution in [-0.2, 0) is 4.79 Å². The Hall–Kier alpha value is -1.69. The molecule has 2 rings (SSSR count). The van der Waals surface area contributed by atoms with Crippen molar-refractivity contribution in [1.82, 2.24) is 15.3 Å². The molecule has 116 valence electrons. The van der Waals surface area contributed by atoms with E-state index in [0.717, 1.165) is 31.9 Å². The fourth-order valence-electron chi connectivity index (χ4n) is 2.63. The molecule has 1 unspecified atom stereocenters. The standard InChI is InChI=1S/C15H25N5O/c1-3-15(16,4-2)13(21)19-12-7-5-10-20(11-12)14-17-8-6-9-18-14/h6,8-9,12H,3-5,7,10-11,16H2,1-2H3,(H,19,21). The number of hydrogen-bond donors (Lipinski definition) is 2. The van der Waals surface area contributed by atoms with Crippen LogP contribution in [0.15, 0.2) is 18.5 Å². The summed E-state index contributed by atoms with van der Waals surface area (Å²) in [4.78, 5) is 23.0. The van der Waals surface area contributed by atoms with Crippen LogP contribution in [-0.4, -0.2) is 40.5 Å². The number of carbonyl (C=O) groups is 1. The predicted octanol–water partition coefficient (Wildman–Crippen LogP) is 1.08. The van der Waals surface area contributed by atoms with Gasteiger partial charge in [-0.25, -0.2) is 9.97 Å². The second kappa shape index (κ2) is 6.85. The van der Waals surface area contributed by atoms with Crippen LogP contribution in [0.4, 0.5) is 5.95 Å². The van der Waals surface area contributed by atoms with E-state index in [9.17, 15) is 4.79 Å². The predicted molar refractivity (Wildman–Crippen MR) is 82.9 cm³/mol.